The van der Waals surface area contributed by atoms with Gasteiger partial charge in [0.05, 0.1) is 24.7 Å². The molecule has 8 heteroatoms. The minimum Gasteiger partial charge on any atom is -0.465 e. The Morgan fingerprint density at radius 1 is 1.31 bits per heavy atom. The summed E-state index contributed by atoms with van der Waals surface area (Å²) < 4.78 is 0. The minimum absolute atomic E-state index is 0.0932. The molecule has 0 unspecified atom stereocenters. The number of carbonyl (C=O) groups excluding carboxylic acids is 1. The first-order valence-electron chi connectivity index (χ1n) is 4.34. The summed E-state index contributed by atoms with van der Waals surface area (Å²) in [4.78, 5) is 28.8. The Bertz CT molecular complexity index is 378. The van der Waals surface area contributed by atoms with Crippen LogP contribution in [0.15, 0.2) is 12.4 Å². The molecule has 0 aromatic carbocycles. The maximum Gasteiger partial charge on any atom is 0.409 e. The highest BCUT2D eigenvalue weighted by Crippen LogP contribution is 2.02. The average Bonchev–Trinajstić information content (AvgIpc) is 2.26. The van der Waals surface area contributed by atoms with Crippen LogP contribution in [-0.2, 0) is 0 Å². The fourth-order valence-electron chi connectivity index (χ4n) is 0.882. The van der Waals surface area contributed by atoms with Crippen molar-refractivity contribution in [3.05, 3.63) is 18.2 Å². The van der Waals surface area contributed by atoms with Gasteiger partial charge in [0.1, 0.15) is 0 Å². The number of aliphatic hydroxyl groups is 1. The molecule has 0 aliphatic carbocycles. The van der Waals surface area contributed by atoms with E-state index in [1.807, 2.05) is 5.32 Å². The van der Waals surface area contributed by atoms with Gasteiger partial charge in [0.2, 0.25) is 5.82 Å². The second-order valence-corrected chi connectivity index (χ2v) is 2.71. The van der Waals surface area contributed by atoms with Gasteiger partial charge in [0.25, 0.3) is 5.91 Å². The first-order chi connectivity index (χ1) is 7.63. The zero-order valence-electron chi connectivity index (χ0n) is 8.17. The van der Waals surface area contributed by atoms with E-state index in [2.05, 4.69) is 15.3 Å². The SMILES string of the molecule is O=C(O)Nc1cnc(C(=O)NCCO)nc1. The molecule has 0 aliphatic rings. The van der Waals surface area contributed by atoms with Crippen molar-refractivity contribution in [1.82, 2.24) is 15.3 Å². The number of aliphatic hydroxyl groups excluding tert-OH is 1. The van der Waals surface area contributed by atoms with Crippen LogP contribution in [0.25, 0.3) is 0 Å². The van der Waals surface area contributed by atoms with Crippen LogP contribution in [0.1, 0.15) is 10.6 Å². The zero-order chi connectivity index (χ0) is 12.0. The lowest BCUT2D eigenvalue weighted by molar-refractivity contribution is 0.0934. The molecule has 0 spiro atoms. The van der Waals surface area contributed by atoms with Crippen LogP contribution in [0.3, 0.4) is 0 Å². The van der Waals surface area contributed by atoms with Gasteiger partial charge in [-0.1, -0.05) is 0 Å². The molecule has 1 heterocycles. The average molecular weight is 226 g/mol. The predicted molar refractivity (Wildman–Crippen MR) is 53.1 cm³/mol. The molecule has 0 saturated carbocycles. The van der Waals surface area contributed by atoms with Crippen molar-refractivity contribution in [3.8, 4) is 0 Å². The quantitative estimate of drug-likeness (QED) is 0.537. The van der Waals surface area contributed by atoms with Gasteiger partial charge < -0.3 is 15.5 Å². The molecule has 86 valence electrons. The maximum absolute atomic E-state index is 11.3. The van der Waals surface area contributed by atoms with Crippen LogP contribution < -0.4 is 10.6 Å². The third kappa shape index (κ3) is 3.50. The standard InChI is InChI=1S/C8H10N4O4/c13-2-1-9-7(14)6-10-3-5(4-11-6)12-8(15)16/h3-4,12-13H,1-2H2,(H,9,14)(H,15,16). The van der Waals surface area contributed by atoms with Crippen LogP contribution in [0, 0.1) is 0 Å². The Kier molecular flexibility index (Phi) is 4.16. The van der Waals surface area contributed by atoms with Crippen molar-refractivity contribution in [2.45, 2.75) is 0 Å². The highest BCUT2D eigenvalue weighted by Gasteiger charge is 2.08. The van der Waals surface area contributed by atoms with E-state index >= 15 is 0 Å². The Morgan fingerprint density at radius 2 is 1.94 bits per heavy atom. The monoisotopic (exact) mass is 226 g/mol. The molecule has 1 aromatic heterocycles. The van der Waals surface area contributed by atoms with Crippen molar-refractivity contribution in [2.24, 2.45) is 0 Å². The van der Waals surface area contributed by atoms with Gasteiger partial charge in [-0.15, -0.1) is 0 Å². The van der Waals surface area contributed by atoms with E-state index in [-0.39, 0.29) is 24.7 Å². The number of carboxylic acid groups (broad SMARTS) is 1. The number of nitrogens with one attached hydrogen (secondary N) is 2. The molecule has 16 heavy (non-hydrogen) atoms. The second-order valence-electron chi connectivity index (χ2n) is 2.71. The van der Waals surface area contributed by atoms with Crippen LogP contribution in [-0.4, -0.2) is 45.3 Å². The van der Waals surface area contributed by atoms with Crippen LogP contribution >= 0.6 is 0 Å². The molecule has 1 rings (SSSR count). The third-order valence-corrected chi connectivity index (χ3v) is 1.50. The van der Waals surface area contributed by atoms with Crippen LogP contribution in [0.2, 0.25) is 0 Å². The smallest absolute Gasteiger partial charge is 0.409 e. The Labute approximate surface area is 90.3 Å². The Hall–Kier alpha value is -2.22. The van der Waals surface area contributed by atoms with E-state index in [1.165, 1.54) is 12.4 Å². The van der Waals surface area contributed by atoms with Crippen LogP contribution in [0.5, 0.6) is 0 Å². The third-order valence-electron chi connectivity index (χ3n) is 1.50. The van der Waals surface area contributed by atoms with Gasteiger partial charge >= 0.3 is 6.09 Å². The first-order valence-corrected chi connectivity index (χ1v) is 4.34. The molecular weight excluding hydrogens is 216 g/mol. The molecule has 2 amide bonds. The molecule has 8 nitrogen and oxygen atoms in total. The van der Waals surface area contributed by atoms with Crippen molar-refractivity contribution < 1.29 is 19.8 Å². The largest absolute Gasteiger partial charge is 0.465 e. The summed E-state index contributed by atoms with van der Waals surface area (Å²) >= 11 is 0. The summed E-state index contributed by atoms with van der Waals surface area (Å²) in [5.74, 6) is -0.625. The van der Waals surface area contributed by atoms with E-state index in [0.717, 1.165) is 0 Å². The molecule has 0 radical (unpaired) electrons. The van der Waals surface area contributed by atoms with Gasteiger partial charge in [-0.2, -0.15) is 0 Å². The molecule has 0 bridgehead atoms. The number of anilines is 1. The van der Waals surface area contributed by atoms with Gasteiger partial charge in [-0.3, -0.25) is 10.1 Å². The van der Waals surface area contributed by atoms with Gasteiger partial charge in [-0.25, -0.2) is 14.8 Å². The molecule has 0 aliphatic heterocycles. The normalized spacial score (nSPS) is 9.56. The summed E-state index contributed by atoms with van der Waals surface area (Å²) in [5.41, 5.74) is 0.172. The number of aromatic nitrogens is 2. The van der Waals surface area contributed by atoms with Gasteiger partial charge in [0.15, 0.2) is 0 Å². The van der Waals surface area contributed by atoms with E-state index in [4.69, 9.17) is 10.2 Å². The van der Waals surface area contributed by atoms with Crippen molar-refractivity contribution >= 4 is 17.7 Å². The molecular formula is C8H10N4O4. The van der Waals surface area contributed by atoms with E-state index in [0.29, 0.717) is 0 Å². The number of rotatable bonds is 4. The lowest BCUT2D eigenvalue weighted by Crippen LogP contribution is -2.28. The zero-order valence-corrected chi connectivity index (χ0v) is 8.17. The summed E-state index contributed by atoms with van der Waals surface area (Å²) in [7, 11) is 0. The minimum atomic E-state index is -1.24. The highest BCUT2D eigenvalue weighted by atomic mass is 16.4. The lowest BCUT2D eigenvalue weighted by Gasteiger charge is -2.02. The number of carbonyl (C=O) groups is 2. The Balaban J connectivity index is 2.63. The Morgan fingerprint density at radius 3 is 2.44 bits per heavy atom. The van der Waals surface area contributed by atoms with Crippen molar-refractivity contribution in [2.75, 3.05) is 18.5 Å². The summed E-state index contributed by atoms with van der Waals surface area (Å²) in [6.45, 7) is -0.0677. The van der Waals surface area contributed by atoms with E-state index in [1.54, 1.807) is 0 Å². The number of hydrogen-bond donors (Lipinski definition) is 4. The highest BCUT2D eigenvalue weighted by molar-refractivity contribution is 5.90. The predicted octanol–water partition coefficient (Wildman–Crippen LogP) is -0.711. The summed E-state index contributed by atoms with van der Waals surface area (Å²) in [6.07, 6.45) is 1.12. The van der Waals surface area contributed by atoms with E-state index in [9.17, 15) is 9.59 Å². The first kappa shape index (κ1) is 11.9. The molecule has 0 saturated heterocycles. The van der Waals surface area contributed by atoms with E-state index < -0.39 is 12.0 Å². The summed E-state index contributed by atoms with van der Waals surface area (Å²) in [5, 5.41) is 21.3. The van der Waals surface area contributed by atoms with Crippen molar-refractivity contribution in [3.63, 3.8) is 0 Å². The molecule has 0 atom stereocenters. The maximum atomic E-state index is 11.3. The van der Waals surface area contributed by atoms with Gasteiger partial charge in [-0.05, 0) is 0 Å². The fraction of sp³-hybridized carbons (Fsp3) is 0.250. The lowest BCUT2D eigenvalue weighted by atomic mass is 10.4. The molecule has 1 aromatic rings. The summed E-state index contributed by atoms with van der Waals surface area (Å²) in [6, 6.07) is 0. The number of nitrogens with zero attached hydrogens (tertiary/aromatic N) is 2. The van der Waals surface area contributed by atoms with Gasteiger partial charge in [0, 0.05) is 6.54 Å². The second kappa shape index (κ2) is 5.61. The molecule has 0 fully saturated rings. The molecule has 4 N–H and O–H groups in total. The fourth-order valence-corrected chi connectivity index (χ4v) is 0.882. The van der Waals surface area contributed by atoms with Crippen LogP contribution in [0.4, 0.5) is 10.5 Å². The number of hydrogen-bond acceptors (Lipinski definition) is 5. The topological polar surface area (TPSA) is 124 Å². The number of amides is 2. The van der Waals surface area contributed by atoms with Crippen molar-refractivity contribution in [1.29, 1.82) is 0 Å².